The van der Waals surface area contributed by atoms with Crippen LogP contribution < -0.4 is 5.32 Å². The lowest BCUT2D eigenvalue weighted by atomic mass is 10.2. The van der Waals surface area contributed by atoms with E-state index in [1.807, 2.05) is 18.2 Å². The molecular weight excluding hydrogens is 271 g/mol. The van der Waals surface area contributed by atoms with E-state index in [1.165, 1.54) is 28.3 Å². The highest BCUT2D eigenvalue weighted by Gasteiger charge is 2.01. The zero-order valence-electron chi connectivity index (χ0n) is 9.41. The van der Waals surface area contributed by atoms with Gasteiger partial charge in [0.1, 0.15) is 5.82 Å². The highest BCUT2D eigenvalue weighted by atomic mass is 35.5. The van der Waals surface area contributed by atoms with Crippen molar-refractivity contribution in [1.82, 2.24) is 0 Å². The van der Waals surface area contributed by atoms with E-state index in [4.69, 9.17) is 16.9 Å². The lowest BCUT2D eigenvalue weighted by molar-refractivity contribution is 0.627. The fourth-order valence-electron chi connectivity index (χ4n) is 1.57. The van der Waals surface area contributed by atoms with Gasteiger partial charge in [-0.15, -0.1) is 11.3 Å². The molecule has 0 bridgehead atoms. The predicted molar refractivity (Wildman–Crippen MR) is 72.6 cm³/mol. The van der Waals surface area contributed by atoms with Gasteiger partial charge in [-0.05, 0) is 36.8 Å². The van der Waals surface area contributed by atoms with E-state index in [0.29, 0.717) is 17.8 Å². The second kappa shape index (κ2) is 5.85. The fraction of sp³-hybridized carbons (Fsp3) is 0.154. The van der Waals surface area contributed by atoms with Crippen molar-refractivity contribution in [1.29, 1.82) is 5.26 Å². The number of hydrogen-bond acceptors (Lipinski definition) is 3. The molecule has 0 saturated heterocycles. The zero-order chi connectivity index (χ0) is 13.0. The minimum absolute atomic E-state index is 0.316. The van der Waals surface area contributed by atoms with Crippen LogP contribution in [0.2, 0.25) is 4.34 Å². The third-order valence-electron chi connectivity index (χ3n) is 2.36. The van der Waals surface area contributed by atoms with Crippen molar-refractivity contribution in [2.45, 2.75) is 6.42 Å². The summed E-state index contributed by atoms with van der Waals surface area (Å²) in [6, 6.07) is 9.98. The molecule has 0 spiro atoms. The number of nitriles is 1. The molecule has 0 unspecified atom stereocenters. The molecule has 0 aliphatic heterocycles. The van der Waals surface area contributed by atoms with Gasteiger partial charge in [0.05, 0.1) is 16.0 Å². The number of nitrogens with zero attached hydrogens (tertiary/aromatic N) is 1. The lowest BCUT2D eigenvalue weighted by Crippen LogP contribution is -2.04. The number of nitrogens with one attached hydrogen (secondary N) is 1. The third kappa shape index (κ3) is 3.46. The van der Waals surface area contributed by atoms with Crippen molar-refractivity contribution in [2.24, 2.45) is 0 Å². The maximum atomic E-state index is 13.2. The molecule has 0 aliphatic rings. The number of rotatable bonds is 4. The first-order chi connectivity index (χ1) is 8.67. The number of anilines is 1. The highest BCUT2D eigenvalue weighted by Crippen LogP contribution is 2.22. The maximum absolute atomic E-state index is 13.2. The molecule has 2 nitrogen and oxygen atoms in total. The Balaban J connectivity index is 1.94. The van der Waals surface area contributed by atoms with Gasteiger partial charge in [-0.25, -0.2) is 4.39 Å². The summed E-state index contributed by atoms with van der Waals surface area (Å²) < 4.78 is 13.9. The van der Waals surface area contributed by atoms with E-state index in [9.17, 15) is 4.39 Å². The minimum atomic E-state index is -0.407. The summed E-state index contributed by atoms with van der Waals surface area (Å²) in [6.07, 6.45) is 0.815. The number of benzene rings is 1. The minimum Gasteiger partial charge on any atom is -0.385 e. The summed E-state index contributed by atoms with van der Waals surface area (Å²) in [5.41, 5.74) is 0.936. The summed E-state index contributed by atoms with van der Waals surface area (Å²) in [5, 5.41) is 11.8. The number of thiophene rings is 1. The molecule has 18 heavy (non-hydrogen) atoms. The molecule has 5 heteroatoms. The molecule has 2 aromatic rings. The molecule has 0 atom stereocenters. The van der Waals surface area contributed by atoms with Gasteiger partial charge < -0.3 is 5.32 Å². The first kappa shape index (κ1) is 12.9. The molecule has 0 saturated carbocycles. The van der Waals surface area contributed by atoms with Crippen LogP contribution in [0.25, 0.3) is 0 Å². The molecule has 0 aliphatic carbocycles. The molecule has 0 radical (unpaired) electrons. The molecular formula is C13H10ClFN2S. The van der Waals surface area contributed by atoms with E-state index in [2.05, 4.69) is 5.32 Å². The van der Waals surface area contributed by atoms with Crippen LogP contribution in [-0.4, -0.2) is 6.54 Å². The van der Waals surface area contributed by atoms with Crippen LogP contribution in [0.1, 0.15) is 10.4 Å². The van der Waals surface area contributed by atoms with Gasteiger partial charge in [-0.3, -0.25) is 0 Å². The van der Waals surface area contributed by atoms with Crippen molar-refractivity contribution >= 4 is 28.6 Å². The Hall–Kier alpha value is -1.57. The quantitative estimate of drug-likeness (QED) is 0.916. The Labute approximate surface area is 114 Å². The van der Waals surface area contributed by atoms with Gasteiger partial charge in [-0.1, -0.05) is 11.6 Å². The Morgan fingerprint density at radius 1 is 1.33 bits per heavy atom. The lowest BCUT2D eigenvalue weighted by Gasteiger charge is -2.06. The number of hydrogen-bond donors (Lipinski definition) is 1. The SMILES string of the molecule is N#Cc1cc(F)cc(NCCc2ccc(Cl)s2)c1. The fourth-order valence-corrected chi connectivity index (χ4v) is 2.66. The van der Waals surface area contributed by atoms with Crippen LogP contribution in [0.15, 0.2) is 30.3 Å². The van der Waals surface area contributed by atoms with Gasteiger partial charge in [0.25, 0.3) is 0 Å². The summed E-state index contributed by atoms with van der Waals surface area (Å²) >= 11 is 7.36. The average molecular weight is 281 g/mol. The van der Waals surface area contributed by atoms with Crippen LogP contribution >= 0.6 is 22.9 Å². The van der Waals surface area contributed by atoms with E-state index < -0.39 is 5.82 Å². The van der Waals surface area contributed by atoms with Crippen molar-refractivity contribution < 1.29 is 4.39 Å². The smallest absolute Gasteiger partial charge is 0.126 e. The molecule has 0 fully saturated rings. The average Bonchev–Trinajstić information content (AvgIpc) is 2.74. The third-order valence-corrected chi connectivity index (χ3v) is 3.65. The molecule has 1 heterocycles. The molecule has 2 rings (SSSR count). The highest BCUT2D eigenvalue weighted by molar-refractivity contribution is 7.16. The second-order valence-electron chi connectivity index (χ2n) is 3.72. The molecule has 92 valence electrons. The van der Waals surface area contributed by atoms with E-state index in [1.54, 1.807) is 6.07 Å². The Kier molecular flexibility index (Phi) is 4.19. The second-order valence-corrected chi connectivity index (χ2v) is 5.52. The van der Waals surface area contributed by atoms with Crippen LogP contribution in [0.3, 0.4) is 0 Å². The summed E-state index contributed by atoms with van der Waals surface area (Å²) in [4.78, 5) is 1.17. The van der Waals surface area contributed by atoms with Crippen molar-refractivity contribution in [3.8, 4) is 6.07 Å². The predicted octanol–water partition coefficient (Wildman–Crippen LogP) is 4.07. The van der Waals surface area contributed by atoms with Crippen LogP contribution in [0.5, 0.6) is 0 Å². The van der Waals surface area contributed by atoms with Gasteiger partial charge in [0, 0.05) is 17.1 Å². The first-order valence-electron chi connectivity index (χ1n) is 5.36. The standard InChI is InChI=1S/C13H10ClFN2S/c14-13-2-1-12(18-13)3-4-17-11-6-9(8-16)5-10(15)7-11/h1-2,5-7,17H,3-4H2. The summed E-state index contributed by atoms with van der Waals surface area (Å²) in [6.45, 7) is 0.672. The van der Waals surface area contributed by atoms with Gasteiger partial charge in [-0.2, -0.15) is 5.26 Å². The van der Waals surface area contributed by atoms with E-state index in [0.717, 1.165) is 10.8 Å². The summed E-state index contributed by atoms with van der Waals surface area (Å²) in [7, 11) is 0. The Bertz CT molecular complexity index is 589. The van der Waals surface area contributed by atoms with Crippen LogP contribution in [0.4, 0.5) is 10.1 Å². The van der Waals surface area contributed by atoms with Crippen molar-refractivity contribution in [2.75, 3.05) is 11.9 Å². The van der Waals surface area contributed by atoms with Crippen LogP contribution in [0, 0.1) is 17.1 Å². The normalized spacial score (nSPS) is 10.1. The van der Waals surface area contributed by atoms with Gasteiger partial charge in [0.15, 0.2) is 0 Å². The molecule has 1 aromatic heterocycles. The van der Waals surface area contributed by atoms with E-state index >= 15 is 0 Å². The topological polar surface area (TPSA) is 35.8 Å². The van der Waals surface area contributed by atoms with Crippen molar-refractivity contribution in [3.05, 3.63) is 50.9 Å². The van der Waals surface area contributed by atoms with Gasteiger partial charge >= 0.3 is 0 Å². The van der Waals surface area contributed by atoms with E-state index in [-0.39, 0.29) is 0 Å². The molecule has 1 aromatic carbocycles. The zero-order valence-corrected chi connectivity index (χ0v) is 11.0. The Morgan fingerprint density at radius 2 is 2.17 bits per heavy atom. The Morgan fingerprint density at radius 3 is 2.83 bits per heavy atom. The van der Waals surface area contributed by atoms with Gasteiger partial charge in [0.2, 0.25) is 0 Å². The molecule has 0 amide bonds. The molecule has 1 N–H and O–H groups in total. The largest absolute Gasteiger partial charge is 0.385 e. The number of halogens is 2. The van der Waals surface area contributed by atoms with Crippen molar-refractivity contribution in [3.63, 3.8) is 0 Å². The summed E-state index contributed by atoms with van der Waals surface area (Å²) in [5.74, 6) is -0.407. The first-order valence-corrected chi connectivity index (χ1v) is 6.55. The van der Waals surface area contributed by atoms with Crippen LogP contribution in [-0.2, 0) is 6.42 Å². The monoisotopic (exact) mass is 280 g/mol. The maximum Gasteiger partial charge on any atom is 0.126 e.